The summed E-state index contributed by atoms with van der Waals surface area (Å²) >= 11 is 3.03. The van der Waals surface area contributed by atoms with Crippen LogP contribution in [0.15, 0.2) is 22.7 Å². The Morgan fingerprint density at radius 1 is 1.30 bits per heavy atom. The summed E-state index contributed by atoms with van der Waals surface area (Å²) in [6, 6.07) is 3.79. The monoisotopic (exact) mass is 353 g/mol. The van der Waals surface area contributed by atoms with Gasteiger partial charge in [-0.25, -0.2) is 0 Å². The van der Waals surface area contributed by atoms with Crippen molar-refractivity contribution in [3.8, 4) is 0 Å². The van der Waals surface area contributed by atoms with Crippen LogP contribution in [0.3, 0.4) is 0 Å². The molecule has 0 saturated heterocycles. The number of hydrogen-bond acceptors (Lipinski definition) is 2. The van der Waals surface area contributed by atoms with Crippen LogP contribution in [0.4, 0.5) is 13.2 Å². The summed E-state index contributed by atoms with van der Waals surface area (Å²) in [6.45, 7) is 4.04. The summed E-state index contributed by atoms with van der Waals surface area (Å²) in [6.07, 6.45) is -5.14. The summed E-state index contributed by atoms with van der Waals surface area (Å²) in [5, 5.41) is 10.3. The largest absolute Gasteiger partial charge is 0.416 e. The van der Waals surface area contributed by atoms with Crippen LogP contribution in [-0.2, 0) is 6.18 Å². The zero-order valence-corrected chi connectivity index (χ0v) is 13.0. The smallest absolute Gasteiger partial charge is 0.388 e. The van der Waals surface area contributed by atoms with Gasteiger partial charge in [-0.1, -0.05) is 35.8 Å². The minimum absolute atomic E-state index is 0.114. The highest BCUT2D eigenvalue weighted by atomic mass is 79.9. The fourth-order valence-electron chi connectivity index (χ4n) is 2.25. The first kappa shape index (κ1) is 17.5. The van der Waals surface area contributed by atoms with Crippen molar-refractivity contribution in [1.29, 1.82) is 0 Å². The Hall–Kier alpha value is -0.590. The van der Waals surface area contributed by atoms with Crippen molar-refractivity contribution < 1.29 is 18.3 Å². The lowest BCUT2D eigenvalue weighted by Gasteiger charge is -2.26. The van der Waals surface area contributed by atoms with E-state index in [-0.39, 0.29) is 18.0 Å². The van der Waals surface area contributed by atoms with Gasteiger partial charge >= 0.3 is 6.18 Å². The van der Waals surface area contributed by atoms with Gasteiger partial charge in [0.1, 0.15) is 0 Å². The molecule has 1 rings (SSSR count). The third-order valence-electron chi connectivity index (χ3n) is 3.16. The number of aliphatic hydroxyl groups is 1. The van der Waals surface area contributed by atoms with Crippen LogP contribution >= 0.6 is 15.9 Å². The molecule has 0 aromatic heterocycles. The summed E-state index contributed by atoms with van der Waals surface area (Å²) < 4.78 is 39.5. The summed E-state index contributed by atoms with van der Waals surface area (Å²) in [7, 11) is 0. The van der Waals surface area contributed by atoms with Crippen LogP contribution in [-0.4, -0.2) is 11.7 Å². The van der Waals surface area contributed by atoms with Crippen molar-refractivity contribution in [2.45, 2.75) is 32.5 Å². The van der Waals surface area contributed by atoms with Crippen LogP contribution in [0.1, 0.15) is 37.5 Å². The second-order valence-corrected chi connectivity index (χ2v) is 6.22. The molecule has 20 heavy (non-hydrogen) atoms. The van der Waals surface area contributed by atoms with Crippen LogP contribution in [0.5, 0.6) is 0 Å². The average molecular weight is 354 g/mol. The highest BCUT2D eigenvalue weighted by molar-refractivity contribution is 9.10. The van der Waals surface area contributed by atoms with Gasteiger partial charge in [-0.2, -0.15) is 13.2 Å². The lowest BCUT2D eigenvalue weighted by atomic mass is 9.86. The Morgan fingerprint density at radius 2 is 1.90 bits per heavy atom. The molecule has 0 aliphatic carbocycles. The molecule has 2 atom stereocenters. The summed E-state index contributed by atoms with van der Waals surface area (Å²) in [4.78, 5) is 0. The van der Waals surface area contributed by atoms with Crippen LogP contribution in [0.25, 0.3) is 0 Å². The molecule has 0 amide bonds. The topological polar surface area (TPSA) is 46.2 Å². The van der Waals surface area contributed by atoms with Gasteiger partial charge in [-0.05, 0) is 36.6 Å². The molecular weight excluding hydrogens is 335 g/mol. The van der Waals surface area contributed by atoms with Crippen LogP contribution in [0, 0.1) is 11.8 Å². The second kappa shape index (κ2) is 6.91. The standard InChI is InChI=1S/C14H19BrF3NO/c1-8(2)5-9(7-19)13(20)11-4-3-10(15)6-12(11)14(16,17)18/h3-4,6,8-9,13,20H,5,7,19H2,1-2H3. The first-order chi connectivity index (χ1) is 9.16. The van der Waals surface area contributed by atoms with Gasteiger partial charge in [0.05, 0.1) is 11.7 Å². The van der Waals surface area contributed by atoms with Crippen molar-refractivity contribution >= 4 is 15.9 Å². The maximum Gasteiger partial charge on any atom is 0.416 e. The highest BCUT2D eigenvalue weighted by Gasteiger charge is 2.36. The molecule has 6 heteroatoms. The van der Waals surface area contributed by atoms with Crippen molar-refractivity contribution in [1.82, 2.24) is 0 Å². The molecule has 0 radical (unpaired) electrons. The molecule has 2 unspecified atom stereocenters. The number of alkyl halides is 3. The van der Waals surface area contributed by atoms with Crippen molar-refractivity contribution in [3.05, 3.63) is 33.8 Å². The van der Waals surface area contributed by atoms with E-state index in [0.717, 1.165) is 6.07 Å². The minimum atomic E-state index is -4.50. The molecule has 0 aliphatic rings. The summed E-state index contributed by atoms with van der Waals surface area (Å²) in [5.41, 5.74) is 4.67. The van der Waals surface area contributed by atoms with E-state index >= 15 is 0 Å². The highest BCUT2D eigenvalue weighted by Crippen LogP contribution is 2.39. The minimum Gasteiger partial charge on any atom is -0.388 e. The first-order valence-electron chi connectivity index (χ1n) is 6.41. The van der Waals surface area contributed by atoms with E-state index in [2.05, 4.69) is 15.9 Å². The molecule has 0 heterocycles. The van der Waals surface area contributed by atoms with E-state index in [4.69, 9.17) is 5.73 Å². The average Bonchev–Trinajstić information content (AvgIpc) is 2.33. The summed E-state index contributed by atoms with van der Waals surface area (Å²) in [5.74, 6) is -0.139. The Labute approximate surface area is 125 Å². The van der Waals surface area contributed by atoms with Crippen molar-refractivity contribution in [2.24, 2.45) is 17.6 Å². The van der Waals surface area contributed by atoms with E-state index in [1.807, 2.05) is 13.8 Å². The molecule has 0 spiro atoms. The third kappa shape index (κ3) is 4.46. The zero-order chi connectivity index (χ0) is 15.5. The van der Waals surface area contributed by atoms with Gasteiger partial charge in [0.2, 0.25) is 0 Å². The molecule has 114 valence electrons. The van der Waals surface area contributed by atoms with E-state index < -0.39 is 23.8 Å². The normalized spacial score (nSPS) is 15.4. The van der Waals surface area contributed by atoms with E-state index in [0.29, 0.717) is 10.9 Å². The van der Waals surface area contributed by atoms with Gasteiger partial charge in [-0.3, -0.25) is 0 Å². The second-order valence-electron chi connectivity index (χ2n) is 5.30. The van der Waals surface area contributed by atoms with E-state index in [9.17, 15) is 18.3 Å². The molecule has 0 saturated carbocycles. The lowest BCUT2D eigenvalue weighted by molar-refractivity contribution is -0.139. The Balaban J connectivity index is 3.17. The number of rotatable bonds is 5. The lowest BCUT2D eigenvalue weighted by Crippen LogP contribution is -2.25. The van der Waals surface area contributed by atoms with Crippen molar-refractivity contribution in [2.75, 3.05) is 6.54 Å². The van der Waals surface area contributed by atoms with Gasteiger partial charge < -0.3 is 10.8 Å². The quantitative estimate of drug-likeness (QED) is 0.836. The number of hydrogen-bond donors (Lipinski definition) is 2. The molecule has 3 N–H and O–H groups in total. The maximum absolute atomic E-state index is 13.1. The number of halogens is 4. The molecule has 0 aliphatic heterocycles. The predicted octanol–water partition coefficient (Wildman–Crippen LogP) is 4.12. The van der Waals surface area contributed by atoms with E-state index in [1.54, 1.807) is 0 Å². The third-order valence-corrected chi connectivity index (χ3v) is 3.66. The Kier molecular flexibility index (Phi) is 6.04. The fraction of sp³-hybridized carbons (Fsp3) is 0.571. The SMILES string of the molecule is CC(C)CC(CN)C(O)c1ccc(Br)cc1C(F)(F)F. The molecule has 0 bridgehead atoms. The predicted molar refractivity (Wildman–Crippen MR) is 76.1 cm³/mol. The van der Waals surface area contributed by atoms with Crippen molar-refractivity contribution in [3.63, 3.8) is 0 Å². The molecular formula is C14H19BrF3NO. The molecule has 1 aromatic carbocycles. The fourth-order valence-corrected chi connectivity index (χ4v) is 2.61. The first-order valence-corrected chi connectivity index (χ1v) is 7.20. The maximum atomic E-state index is 13.1. The number of aliphatic hydroxyl groups excluding tert-OH is 1. The molecule has 0 fully saturated rings. The Morgan fingerprint density at radius 3 is 2.35 bits per heavy atom. The number of nitrogens with two attached hydrogens (primary N) is 1. The van der Waals surface area contributed by atoms with Gasteiger partial charge in [-0.15, -0.1) is 0 Å². The van der Waals surface area contributed by atoms with Gasteiger partial charge in [0, 0.05) is 10.4 Å². The Bertz CT molecular complexity index is 449. The molecule has 2 nitrogen and oxygen atoms in total. The van der Waals surface area contributed by atoms with Gasteiger partial charge in [0.15, 0.2) is 0 Å². The molecule has 1 aromatic rings. The zero-order valence-electron chi connectivity index (χ0n) is 11.4. The van der Waals surface area contributed by atoms with Crippen LogP contribution < -0.4 is 5.73 Å². The van der Waals surface area contributed by atoms with Gasteiger partial charge in [0.25, 0.3) is 0 Å². The number of benzene rings is 1. The van der Waals surface area contributed by atoms with E-state index in [1.165, 1.54) is 12.1 Å². The van der Waals surface area contributed by atoms with Crippen LogP contribution in [0.2, 0.25) is 0 Å².